The molecule has 0 radical (unpaired) electrons. The monoisotopic (exact) mass is 347 g/mol. The fourth-order valence-corrected chi connectivity index (χ4v) is 2.20. The predicted octanol–water partition coefficient (Wildman–Crippen LogP) is 0.315. The molecule has 1 aliphatic heterocycles. The van der Waals surface area contributed by atoms with Crippen LogP contribution >= 0.6 is 0 Å². The molecule has 1 saturated heterocycles. The van der Waals surface area contributed by atoms with Crippen LogP contribution in [0.1, 0.15) is 24.2 Å². The van der Waals surface area contributed by atoms with E-state index in [2.05, 4.69) is 21.0 Å². The molecule has 0 spiro atoms. The van der Waals surface area contributed by atoms with Gasteiger partial charge in [-0.15, -0.1) is 0 Å². The van der Waals surface area contributed by atoms with Crippen LogP contribution in [0.15, 0.2) is 6.07 Å². The fourth-order valence-electron chi connectivity index (χ4n) is 2.20. The van der Waals surface area contributed by atoms with Crippen LogP contribution in [0, 0.1) is 6.92 Å². The van der Waals surface area contributed by atoms with Gasteiger partial charge in [0.15, 0.2) is 5.69 Å². The van der Waals surface area contributed by atoms with Crippen molar-refractivity contribution in [2.75, 3.05) is 6.54 Å². The molecule has 0 bridgehead atoms. The number of carbonyl (C=O) groups excluding carboxylic acids is 3. The Morgan fingerprint density at radius 3 is 2.67 bits per heavy atom. The Hall–Kier alpha value is -2.59. The highest BCUT2D eigenvalue weighted by molar-refractivity contribution is 6.04. The van der Waals surface area contributed by atoms with Crippen LogP contribution in [0.5, 0.6) is 0 Å². The Labute approximate surface area is 134 Å². The first-order valence-corrected chi connectivity index (χ1v) is 7.16. The first-order chi connectivity index (χ1) is 11.2. The summed E-state index contributed by atoms with van der Waals surface area (Å²) in [6, 6.07) is -0.408. The highest BCUT2D eigenvalue weighted by Crippen LogP contribution is 2.28. The molecule has 3 N–H and O–H groups in total. The van der Waals surface area contributed by atoms with Crippen LogP contribution in [0.3, 0.4) is 0 Å². The minimum atomic E-state index is -4.51. The molecular formula is C13H16F3N5O3. The molecule has 0 unspecified atom stereocenters. The number of aromatic nitrogens is 2. The molecule has 2 heterocycles. The third-order valence-electron chi connectivity index (χ3n) is 3.44. The quantitative estimate of drug-likeness (QED) is 0.644. The largest absolute Gasteiger partial charge is 0.435 e. The number of hydrogen-bond donors (Lipinski definition) is 3. The number of urea groups is 1. The average Bonchev–Trinajstić information content (AvgIpc) is 2.99. The van der Waals surface area contributed by atoms with Gasteiger partial charge in [-0.1, -0.05) is 0 Å². The zero-order valence-electron chi connectivity index (χ0n) is 12.7. The van der Waals surface area contributed by atoms with Crippen molar-refractivity contribution in [2.24, 2.45) is 0 Å². The number of rotatable bonds is 6. The van der Waals surface area contributed by atoms with Gasteiger partial charge in [-0.25, -0.2) is 4.79 Å². The van der Waals surface area contributed by atoms with Gasteiger partial charge in [0, 0.05) is 18.7 Å². The molecule has 1 aromatic heterocycles. The molecule has 1 fully saturated rings. The molecule has 11 heteroatoms. The van der Waals surface area contributed by atoms with Crippen molar-refractivity contribution in [3.8, 4) is 0 Å². The smallest absolute Gasteiger partial charge is 0.354 e. The molecule has 4 amide bonds. The van der Waals surface area contributed by atoms with Gasteiger partial charge in [0.2, 0.25) is 5.91 Å². The second-order valence-electron chi connectivity index (χ2n) is 5.30. The summed E-state index contributed by atoms with van der Waals surface area (Å²) in [5.41, 5.74) is -0.642. The van der Waals surface area contributed by atoms with E-state index in [4.69, 9.17) is 0 Å². The second-order valence-corrected chi connectivity index (χ2v) is 5.30. The summed E-state index contributed by atoms with van der Waals surface area (Å²) in [7, 11) is 0. The third-order valence-corrected chi connectivity index (χ3v) is 3.44. The molecule has 0 aliphatic carbocycles. The van der Waals surface area contributed by atoms with Crippen LogP contribution in [0.25, 0.3) is 0 Å². The predicted molar refractivity (Wildman–Crippen MR) is 74.7 cm³/mol. The highest BCUT2D eigenvalue weighted by Gasteiger charge is 2.34. The first-order valence-electron chi connectivity index (χ1n) is 7.16. The molecule has 0 saturated carbocycles. The van der Waals surface area contributed by atoms with Crippen molar-refractivity contribution in [1.82, 2.24) is 25.7 Å². The summed E-state index contributed by atoms with van der Waals surface area (Å²) >= 11 is 0. The van der Waals surface area contributed by atoms with Gasteiger partial charge in [-0.3, -0.25) is 19.6 Å². The molecule has 1 aliphatic rings. The number of halogens is 3. The Morgan fingerprint density at radius 2 is 2.12 bits per heavy atom. The third kappa shape index (κ3) is 4.46. The topological polar surface area (TPSA) is 105 Å². The molecular weight excluding hydrogens is 331 g/mol. The minimum Gasteiger partial charge on any atom is -0.354 e. The van der Waals surface area contributed by atoms with Crippen molar-refractivity contribution in [3.63, 3.8) is 0 Å². The van der Waals surface area contributed by atoms with Crippen LogP contribution in [-0.2, 0) is 22.3 Å². The van der Waals surface area contributed by atoms with Gasteiger partial charge >= 0.3 is 12.2 Å². The highest BCUT2D eigenvalue weighted by atomic mass is 19.4. The van der Waals surface area contributed by atoms with Crippen LogP contribution < -0.4 is 16.0 Å². The standard InChI is InChI=1S/C13H16F3N5O3/c1-7-6-9(13(14,15)16)20-21(7)5-4-17-10(22)3-2-8-11(23)19-12(24)18-8/h6,8H,2-5H2,1H3,(H,17,22)(H2,18,19,23,24)/t8-/m0/s1. The molecule has 132 valence electrons. The van der Waals surface area contributed by atoms with E-state index in [9.17, 15) is 27.6 Å². The second kappa shape index (κ2) is 6.89. The number of aryl methyl sites for hydroxylation is 1. The lowest BCUT2D eigenvalue weighted by Crippen LogP contribution is -2.33. The van der Waals surface area contributed by atoms with Crippen molar-refractivity contribution in [3.05, 3.63) is 17.5 Å². The van der Waals surface area contributed by atoms with Crippen molar-refractivity contribution in [2.45, 2.75) is 38.5 Å². The summed E-state index contributed by atoms with van der Waals surface area (Å²) in [4.78, 5) is 33.9. The first kappa shape index (κ1) is 17.8. The lowest BCUT2D eigenvalue weighted by molar-refractivity contribution is -0.141. The summed E-state index contributed by atoms with van der Waals surface area (Å²) in [5.74, 6) is -0.857. The summed E-state index contributed by atoms with van der Waals surface area (Å²) in [6.07, 6.45) is -4.36. The molecule has 1 atom stereocenters. The van der Waals surface area contributed by atoms with Crippen molar-refractivity contribution >= 4 is 17.8 Å². The van der Waals surface area contributed by atoms with E-state index >= 15 is 0 Å². The summed E-state index contributed by atoms with van der Waals surface area (Å²) in [5, 5.41) is 10.4. The maximum absolute atomic E-state index is 12.5. The van der Waals surface area contributed by atoms with Gasteiger partial charge < -0.3 is 10.6 Å². The number of nitrogens with one attached hydrogen (secondary N) is 3. The number of alkyl halides is 3. The van der Waals surface area contributed by atoms with Crippen molar-refractivity contribution in [1.29, 1.82) is 0 Å². The minimum absolute atomic E-state index is 0.00422. The van der Waals surface area contributed by atoms with E-state index in [1.807, 2.05) is 0 Å². The fraction of sp³-hybridized carbons (Fsp3) is 0.538. The summed E-state index contributed by atoms with van der Waals surface area (Å²) < 4.78 is 38.8. The van der Waals surface area contributed by atoms with E-state index in [0.717, 1.165) is 10.7 Å². The van der Waals surface area contributed by atoms with Gasteiger partial charge in [-0.2, -0.15) is 18.3 Å². The average molecular weight is 347 g/mol. The maximum Gasteiger partial charge on any atom is 0.435 e. The zero-order chi connectivity index (χ0) is 17.9. The van der Waals surface area contributed by atoms with Gasteiger partial charge in [0.25, 0.3) is 5.91 Å². The van der Waals surface area contributed by atoms with Crippen molar-refractivity contribution < 1.29 is 27.6 Å². The van der Waals surface area contributed by atoms with E-state index in [0.29, 0.717) is 5.69 Å². The van der Waals surface area contributed by atoms with E-state index in [1.54, 1.807) is 0 Å². The number of imide groups is 1. The van der Waals surface area contributed by atoms with Gasteiger partial charge in [-0.05, 0) is 19.4 Å². The van der Waals surface area contributed by atoms with Crippen LogP contribution in [0.2, 0.25) is 0 Å². The molecule has 1 aromatic rings. The Kier molecular flexibility index (Phi) is 5.10. The molecule has 2 rings (SSSR count). The Morgan fingerprint density at radius 1 is 1.42 bits per heavy atom. The number of amides is 4. The maximum atomic E-state index is 12.5. The molecule has 24 heavy (non-hydrogen) atoms. The number of carbonyl (C=O) groups is 3. The molecule has 0 aromatic carbocycles. The molecule has 8 nitrogen and oxygen atoms in total. The van der Waals surface area contributed by atoms with Gasteiger partial charge in [0.05, 0.1) is 6.54 Å². The number of hydrogen-bond acceptors (Lipinski definition) is 4. The summed E-state index contributed by atoms with van der Waals surface area (Å²) in [6.45, 7) is 1.68. The van der Waals surface area contributed by atoms with E-state index < -0.39 is 29.9 Å². The van der Waals surface area contributed by atoms with Crippen LogP contribution in [0.4, 0.5) is 18.0 Å². The Bertz CT molecular complexity index is 656. The lowest BCUT2D eigenvalue weighted by atomic mass is 10.1. The van der Waals surface area contributed by atoms with E-state index in [1.165, 1.54) is 6.92 Å². The lowest BCUT2D eigenvalue weighted by Gasteiger charge is -2.09. The van der Waals surface area contributed by atoms with Gasteiger partial charge in [0.1, 0.15) is 6.04 Å². The SMILES string of the molecule is Cc1cc(C(F)(F)F)nn1CCNC(=O)CC[C@@H]1NC(=O)NC1=O. The Balaban J connectivity index is 1.74. The van der Waals surface area contributed by atoms with E-state index in [-0.39, 0.29) is 31.8 Å². The zero-order valence-corrected chi connectivity index (χ0v) is 12.7. The normalized spacial score (nSPS) is 17.6. The van der Waals surface area contributed by atoms with Crippen LogP contribution in [-0.4, -0.2) is 40.2 Å². The number of nitrogens with zero attached hydrogens (tertiary/aromatic N) is 2.